The molecular weight excluding hydrogens is 184 g/mol. The van der Waals surface area contributed by atoms with E-state index in [1.807, 2.05) is 12.1 Å². The van der Waals surface area contributed by atoms with E-state index in [0.717, 1.165) is 11.7 Å². The van der Waals surface area contributed by atoms with Crippen molar-refractivity contribution in [2.45, 2.75) is 39.5 Å². The molecule has 84 valence electrons. The topological polar surface area (TPSA) is 9.23 Å². The first-order chi connectivity index (χ1) is 7.26. The van der Waals surface area contributed by atoms with E-state index in [2.05, 4.69) is 26.0 Å². The maximum absolute atomic E-state index is 5.13. The summed E-state index contributed by atoms with van der Waals surface area (Å²) in [6.07, 6.45) is 5.11. The summed E-state index contributed by atoms with van der Waals surface area (Å²) in [5.74, 6) is 1.81. The third-order valence-corrected chi connectivity index (χ3v) is 3.02. The second-order valence-electron chi connectivity index (χ2n) is 4.25. The minimum Gasteiger partial charge on any atom is -0.497 e. The molecule has 0 radical (unpaired) electrons. The summed E-state index contributed by atoms with van der Waals surface area (Å²) in [7, 11) is 1.71. The van der Waals surface area contributed by atoms with Crippen molar-refractivity contribution in [1.29, 1.82) is 0 Å². The quantitative estimate of drug-likeness (QED) is 0.682. The van der Waals surface area contributed by atoms with Crippen LogP contribution in [0, 0.1) is 5.92 Å². The highest BCUT2D eigenvalue weighted by Crippen LogP contribution is 2.15. The van der Waals surface area contributed by atoms with Gasteiger partial charge < -0.3 is 4.74 Å². The molecule has 0 aliphatic heterocycles. The van der Waals surface area contributed by atoms with E-state index in [4.69, 9.17) is 4.74 Å². The van der Waals surface area contributed by atoms with Gasteiger partial charge in [0.15, 0.2) is 0 Å². The summed E-state index contributed by atoms with van der Waals surface area (Å²) in [4.78, 5) is 0. The van der Waals surface area contributed by atoms with Crippen LogP contribution in [0.1, 0.15) is 38.7 Å². The van der Waals surface area contributed by atoms with Gasteiger partial charge in [0.1, 0.15) is 5.75 Å². The van der Waals surface area contributed by atoms with Gasteiger partial charge in [-0.3, -0.25) is 0 Å². The first-order valence-corrected chi connectivity index (χ1v) is 5.89. The molecule has 0 spiro atoms. The van der Waals surface area contributed by atoms with Crippen LogP contribution in [0.3, 0.4) is 0 Å². The molecule has 15 heavy (non-hydrogen) atoms. The van der Waals surface area contributed by atoms with Gasteiger partial charge >= 0.3 is 0 Å². The lowest BCUT2D eigenvalue weighted by atomic mass is 9.99. The smallest absolute Gasteiger partial charge is 0.118 e. The van der Waals surface area contributed by atoms with E-state index in [9.17, 15) is 0 Å². The van der Waals surface area contributed by atoms with Gasteiger partial charge in [-0.15, -0.1) is 0 Å². The van der Waals surface area contributed by atoms with Gasteiger partial charge in [-0.25, -0.2) is 0 Å². The van der Waals surface area contributed by atoms with Crippen LogP contribution in [-0.2, 0) is 6.42 Å². The number of hydrogen-bond donors (Lipinski definition) is 0. The van der Waals surface area contributed by atoms with Crippen LogP contribution in [0.25, 0.3) is 0 Å². The largest absolute Gasteiger partial charge is 0.497 e. The highest BCUT2D eigenvalue weighted by Gasteiger charge is 1.99. The molecule has 1 aromatic carbocycles. The molecule has 0 amide bonds. The van der Waals surface area contributed by atoms with E-state index >= 15 is 0 Å². The second-order valence-corrected chi connectivity index (χ2v) is 4.25. The molecule has 0 saturated heterocycles. The molecule has 0 aliphatic carbocycles. The number of benzene rings is 1. The van der Waals surface area contributed by atoms with E-state index in [1.165, 1.54) is 31.2 Å². The van der Waals surface area contributed by atoms with E-state index in [0.29, 0.717) is 0 Å². The fourth-order valence-corrected chi connectivity index (χ4v) is 1.65. The molecule has 1 heteroatoms. The molecular formula is C14H22O. The first kappa shape index (κ1) is 12.1. The number of hydrogen-bond acceptors (Lipinski definition) is 1. The molecule has 0 fully saturated rings. The van der Waals surface area contributed by atoms with Crippen molar-refractivity contribution in [3.05, 3.63) is 29.8 Å². The molecule has 0 aliphatic rings. The average molecular weight is 206 g/mol. The lowest BCUT2D eigenvalue weighted by Gasteiger charge is -2.08. The van der Waals surface area contributed by atoms with Gasteiger partial charge in [0.2, 0.25) is 0 Å². The second kappa shape index (κ2) is 6.49. The summed E-state index contributed by atoms with van der Waals surface area (Å²) in [6.45, 7) is 4.59. The molecule has 0 heterocycles. The normalized spacial score (nSPS) is 12.5. The van der Waals surface area contributed by atoms with Gasteiger partial charge in [-0.1, -0.05) is 38.8 Å². The van der Waals surface area contributed by atoms with Crippen molar-refractivity contribution in [3.8, 4) is 5.75 Å². The zero-order chi connectivity index (χ0) is 11.1. The van der Waals surface area contributed by atoms with Gasteiger partial charge in [0.25, 0.3) is 0 Å². The highest BCUT2D eigenvalue weighted by atomic mass is 16.5. The molecule has 1 atom stereocenters. The van der Waals surface area contributed by atoms with Crippen molar-refractivity contribution in [1.82, 2.24) is 0 Å². The van der Waals surface area contributed by atoms with Crippen LogP contribution in [0.5, 0.6) is 5.75 Å². The molecule has 0 bridgehead atoms. The maximum atomic E-state index is 5.13. The maximum Gasteiger partial charge on any atom is 0.118 e. The van der Waals surface area contributed by atoms with Crippen molar-refractivity contribution in [2.75, 3.05) is 7.11 Å². The lowest BCUT2D eigenvalue weighted by Crippen LogP contribution is -1.94. The van der Waals surface area contributed by atoms with Crippen molar-refractivity contribution >= 4 is 0 Å². The van der Waals surface area contributed by atoms with Gasteiger partial charge in [-0.2, -0.15) is 0 Å². The average Bonchev–Trinajstić information content (AvgIpc) is 2.29. The molecule has 1 aromatic rings. The summed E-state index contributed by atoms with van der Waals surface area (Å²) in [6, 6.07) is 8.40. The molecule has 1 nitrogen and oxygen atoms in total. The number of methoxy groups -OCH3 is 1. The Hall–Kier alpha value is -0.980. The van der Waals surface area contributed by atoms with Crippen molar-refractivity contribution < 1.29 is 4.74 Å². The van der Waals surface area contributed by atoms with Crippen molar-refractivity contribution in [2.24, 2.45) is 5.92 Å². The molecule has 0 aromatic heterocycles. The molecule has 0 saturated carbocycles. The summed E-state index contributed by atoms with van der Waals surface area (Å²) >= 11 is 0. The standard InChI is InChI=1S/C14H22O/c1-4-12(2)6-5-7-13-8-10-14(15-3)11-9-13/h8-12H,4-7H2,1-3H3. The molecule has 1 rings (SSSR count). The molecule has 0 N–H and O–H groups in total. The van der Waals surface area contributed by atoms with Crippen molar-refractivity contribution in [3.63, 3.8) is 0 Å². The third-order valence-electron chi connectivity index (χ3n) is 3.02. The number of rotatable bonds is 6. The Balaban J connectivity index is 2.31. The van der Waals surface area contributed by atoms with Crippen LogP contribution < -0.4 is 4.74 Å². The molecule has 1 unspecified atom stereocenters. The van der Waals surface area contributed by atoms with Gasteiger partial charge in [0.05, 0.1) is 7.11 Å². The summed E-state index contributed by atoms with van der Waals surface area (Å²) < 4.78 is 5.13. The fraction of sp³-hybridized carbons (Fsp3) is 0.571. The van der Waals surface area contributed by atoms with Crippen LogP contribution >= 0.6 is 0 Å². The first-order valence-electron chi connectivity index (χ1n) is 5.89. The Morgan fingerprint density at radius 2 is 1.87 bits per heavy atom. The Kier molecular flexibility index (Phi) is 5.23. The highest BCUT2D eigenvalue weighted by molar-refractivity contribution is 5.27. The predicted molar refractivity (Wildman–Crippen MR) is 65.4 cm³/mol. The zero-order valence-corrected chi connectivity index (χ0v) is 10.1. The summed E-state index contributed by atoms with van der Waals surface area (Å²) in [5.41, 5.74) is 1.42. The van der Waals surface area contributed by atoms with Gasteiger partial charge in [-0.05, 0) is 36.5 Å². The monoisotopic (exact) mass is 206 g/mol. The Morgan fingerprint density at radius 3 is 2.40 bits per heavy atom. The number of aryl methyl sites for hydroxylation is 1. The predicted octanol–water partition coefficient (Wildman–Crippen LogP) is 4.06. The van der Waals surface area contributed by atoms with Gasteiger partial charge in [0, 0.05) is 0 Å². The van der Waals surface area contributed by atoms with Crippen LogP contribution in [0.15, 0.2) is 24.3 Å². The Labute approximate surface area is 93.5 Å². The fourth-order valence-electron chi connectivity index (χ4n) is 1.65. The van der Waals surface area contributed by atoms with Crippen LogP contribution in [-0.4, -0.2) is 7.11 Å². The Morgan fingerprint density at radius 1 is 1.20 bits per heavy atom. The van der Waals surface area contributed by atoms with E-state index < -0.39 is 0 Å². The SMILES string of the molecule is CCC(C)CCCc1ccc(OC)cc1. The summed E-state index contributed by atoms with van der Waals surface area (Å²) in [5, 5.41) is 0. The van der Waals surface area contributed by atoms with E-state index in [-0.39, 0.29) is 0 Å². The number of ether oxygens (including phenoxy) is 1. The van der Waals surface area contributed by atoms with E-state index in [1.54, 1.807) is 7.11 Å². The zero-order valence-electron chi connectivity index (χ0n) is 10.1. The van der Waals surface area contributed by atoms with Crippen LogP contribution in [0.2, 0.25) is 0 Å². The Bertz CT molecular complexity index is 263. The minimum absolute atomic E-state index is 0.864. The third kappa shape index (κ3) is 4.37. The lowest BCUT2D eigenvalue weighted by molar-refractivity contribution is 0.414. The van der Waals surface area contributed by atoms with Crippen LogP contribution in [0.4, 0.5) is 0 Å². The minimum atomic E-state index is 0.864.